The fourth-order valence-corrected chi connectivity index (χ4v) is 1.91. The molecule has 0 amide bonds. The van der Waals surface area contributed by atoms with Crippen molar-refractivity contribution in [2.24, 2.45) is 0 Å². The van der Waals surface area contributed by atoms with Gasteiger partial charge in [-0.05, 0) is 12.5 Å². The molecule has 0 aliphatic heterocycles. The first-order valence-corrected chi connectivity index (χ1v) is 6.58. The number of rotatable bonds is 5. The maximum Gasteiger partial charge on any atom is 0.330 e. The van der Waals surface area contributed by atoms with Crippen LogP contribution in [0.3, 0.4) is 0 Å². The number of para-hydroxylation sites is 1. The Morgan fingerprint density at radius 1 is 1.33 bits per heavy atom. The van der Waals surface area contributed by atoms with E-state index < -0.39 is 7.60 Å². The van der Waals surface area contributed by atoms with Crippen molar-refractivity contribution in [2.75, 3.05) is 6.61 Å². The van der Waals surface area contributed by atoms with Gasteiger partial charge in [-0.25, -0.2) is 0 Å². The van der Waals surface area contributed by atoms with Gasteiger partial charge in [-0.1, -0.05) is 25.1 Å². The SMILES string of the molecule is CCCOc1ccccc1CP(=O)(O)O. The van der Waals surface area contributed by atoms with Crippen molar-refractivity contribution in [1.82, 2.24) is 0 Å². The first-order valence-electron chi connectivity index (χ1n) is 4.78. The molecule has 0 unspecified atom stereocenters. The highest BCUT2D eigenvalue weighted by Gasteiger charge is 2.16. The molecule has 0 aliphatic carbocycles. The molecule has 1 aromatic rings. The van der Waals surface area contributed by atoms with Crippen LogP contribution in [0.25, 0.3) is 0 Å². The van der Waals surface area contributed by atoms with E-state index >= 15 is 0 Å². The molecule has 0 aliphatic rings. The molecule has 84 valence electrons. The molecule has 0 spiro atoms. The van der Waals surface area contributed by atoms with E-state index in [1.807, 2.05) is 6.92 Å². The Balaban J connectivity index is 2.81. The Morgan fingerprint density at radius 3 is 2.60 bits per heavy atom. The molecule has 0 bridgehead atoms. The van der Waals surface area contributed by atoms with Crippen LogP contribution in [0.2, 0.25) is 0 Å². The molecule has 0 saturated carbocycles. The Kier molecular flexibility index (Phi) is 4.33. The van der Waals surface area contributed by atoms with Gasteiger partial charge in [0.15, 0.2) is 0 Å². The Bertz CT molecular complexity index is 358. The van der Waals surface area contributed by atoms with E-state index in [4.69, 9.17) is 14.5 Å². The van der Waals surface area contributed by atoms with Crippen LogP contribution in [-0.2, 0) is 10.7 Å². The fourth-order valence-electron chi connectivity index (χ4n) is 1.21. The zero-order valence-electron chi connectivity index (χ0n) is 8.59. The van der Waals surface area contributed by atoms with Crippen LogP contribution in [0.4, 0.5) is 0 Å². The number of hydrogen-bond donors (Lipinski definition) is 2. The molecule has 1 rings (SSSR count). The van der Waals surface area contributed by atoms with Crippen LogP contribution in [0.1, 0.15) is 18.9 Å². The summed E-state index contributed by atoms with van der Waals surface area (Å²) >= 11 is 0. The Labute approximate surface area is 89.1 Å². The van der Waals surface area contributed by atoms with Gasteiger partial charge >= 0.3 is 7.60 Å². The van der Waals surface area contributed by atoms with Crippen molar-refractivity contribution in [1.29, 1.82) is 0 Å². The number of ether oxygens (including phenoxy) is 1. The highest BCUT2D eigenvalue weighted by molar-refractivity contribution is 7.50. The predicted molar refractivity (Wildman–Crippen MR) is 58.0 cm³/mol. The van der Waals surface area contributed by atoms with E-state index in [1.165, 1.54) is 0 Å². The van der Waals surface area contributed by atoms with Crippen LogP contribution >= 0.6 is 7.60 Å². The molecular formula is C10H15O4P. The zero-order valence-corrected chi connectivity index (χ0v) is 9.48. The topological polar surface area (TPSA) is 66.8 Å². The van der Waals surface area contributed by atoms with Gasteiger partial charge in [-0.15, -0.1) is 0 Å². The van der Waals surface area contributed by atoms with Crippen LogP contribution < -0.4 is 4.74 Å². The van der Waals surface area contributed by atoms with Crippen molar-refractivity contribution in [3.63, 3.8) is 0 Å². The summed E-state index contributed by atoms with van der Waals surface area (Å²) in [6.45, 7) is 2.53. The molecule has 0 heterocycles. The molecule has 2 N–H and O–H groups in total. The smallest absolute Gasteiger partial charge is 0.330 e. The average molecular weight is 230 g/mol. The standard InChI is InChI=1S/C10H15O4P/c1-2-7-14-10-6-4-3-5-9(10)8-15(11,12)13/h3-6H,2,7-8H2,1H3,(H2,11,12,13). The number of benzene rings is 1. The van der Waals surface area contributed by atoms with Crippen LogP contribution in [0, 0.1) is 0 Å². The molecule has 5 heteroatoms. The summed E-state index contributed by atoms with van der Waals surface area (Å²) in [5.41, 5.74) is 0.555. The molecule has 0 fully saturated rings. The van der Waals surface area contributed by atoms with Gasteiger partial charge in [-0.2, -0.15) is 0 Å². The Hall–Kier alpha value is -0.830. The van der Waals surface area contributed by atoms with Gasteiger partial charge in [0.2, 0.25) is 0 Å². The maximum absolute atomic E-state index is 10.9. The zero-order chi connectivity index (χ0) is 11.3. The second-order valence-corrected chi connectivity index (χ2v) is 4.92. The van der Waals surface area contributed by atoms with Gasteiger partial charge in [0.05, 0.1) is 12.8 Å². The lowest BCUT2D eigenvalue weighted by Crippen LogP contribution is -1.99. The lowest BCUT2D eigenvalue weighted by molar-refractivity contribution is 0.313. The number of hydrogen-bond acceptors (Lipinski definition) is 2. The van der Waals surface area contributed by atoms with Crippen molar-refractivity contribution in [3.8, 4) is 5.75 Å². The molecule has 0 saturated heterocycles. The molecule has 0 radical (unpaired) electrons. The monoisotopic (exact) mass is 230 g/mol. The molecule has 0 aromatic heterocycles. The van der Waals surface area contributed by atoms with Gasteiger partial charge in [0, 0.05) is 5.56 Å². The minimum atomic E-state index is -4.03. The molecule has 0 atom stereocenters. The fraction of sp³-hybridized carbons (Fsp3) is 0.400. The lowest BCUT2D eigenvalue weighted by atomic mass is 10.2. The van der Waals surface area contributed by atoms with E-state index in [1.54, 1.807) is 24.3 Å². The summed E-state index contributed by atoms with van der Waals surface area (Å²) < 4.78 is 16.3. The van der Waals surface area contributed by atoms with Crippen LogP contribution in [-0.4, -0.2) is 16.4 Å². The minimum absolute atomic E-state index is 0.271. The normalized spacial score (nSPS) is 11.4. The quantitative estimate of drug-likeness (QED) is 0.760. The lowest BCUT2D eigenvalue weighted by Gasteiger charge is -2.11. The van der Waals surface area contributed by atoms with Gasteiger partial charge in [0.1, 0.15) is 5.75 Å². The molecule has 1 aromatic carbocycles. The molecule has 4 nitrogen and oxygen atoms in total. The summed E-state index contributed by atoms with van der Waals surface area (Å²) in [7, 11) is -4.03. The first-order chi connectivity index (χ1) is 7.03. The van der Waals surface area contributed by atoms with E-state index in [0.717, 1.165) is 6.42 Å². The molecule has 15 heavy (non-hydrogen) atoms. The summed E-state index contributed by atoms with van der Waals surface area (Å²) in [6, 6.07) is 6.92. The highest BCUT2D eigenvalue weighted by atomic mass is 31.2. The largest absolute Gasteiger partial charge is 0.493 e. The third-order valence-corrected chi connectivity index (χ3v) is 2.56. The van der Waals surface area contributed by atoms with Crippen molar-refractivity contribution in [2.45, 2.75) is 19.5 Å². The molecular weight excluding hydrogens is 215 g/mol. The third kappa shape index (κ3) is 4.47. The minimum Gasteiger partial charge on any atom is -0.493 e. The average Bonchev–Trinajstić information content (AvgIpc) is 2.14. The predicted octanol–water partition coefficient (Wildman–Crippen LogP) is 2.15. The van der Waals surface area contributed by atoms with Crippen molar-refractivity contribution in [3.05, 3.63) is 29.8 Å². The van der Waals surface area contributed by atoms with Gasteiger partial charge in [-0.3, -0.25) is 4.57 Å². The summed E-state index contributed by atoms with van der Waals surface area (Å²) in [5.74, 6) is 0.558. The summed E-state index contributed by atoms with van der Waals surface area (Å²) in [6.07, 6.45) is 0.594. The van der Waals surface area contributed by atoms with E-state index in [2.05, 4.69) is 0 Å². The third-order valence-electron chi connectivity index (χ3n) is 1.81. The summed E-state index contributed by atoms with van der Waals surface area (Å²) in [5, 5.41) is 0. The highest BCUT2D eigenvalue weighted by Crippen LogP contribution is 2.41. The Morgan fingerprint density at radius 2 is 2.00 bits per heavy atom. The van der Waals surface area contributed by atoms with E-state index in [9.17, 15) is 4.57 Å². The summed E-state index contributed by atoms with van der Waals surface area (Å²) in [4.78, 5) is 17.8. The van der Waals surface area contributed by atoms with Crippen molar-refractivity contribution < 1.29 is 19.1 Å². The van der Waals surface area contributed by atoms with Gasteiger partial charge < -0.3 is 14.5 Å². The second kappa shape index (κ2) is 5.31. The first kappa shape index (κ1) is 12.2. The van der Waals surface area contributed by atoms with Gasteiger partial charge in [0.25, 0.3) is 0 Å². The van der Waals surface area contributed by atoms with E-state index in [0.29, 0.717) is 17.9 Å². The second-order valence-electron chi connectivity index (χ2n) is 3.28. The van der Waals surface area contributed by atoms with E-state index in [-0.39, 0.29) is 6.16 Å². The van der Waals surface area contributed by atoms with Crippen LogP contribution in [0.15, 0.2) is 24.3 Å². The maximum atomic E-state index is 10.9. The van der Waals surface area contributed by atoms with Crippen molar-refractivity contribution >= 4 is 7.60 Å². The van der Waals surface area contributed by atoms with Crippen LogP contribution in [0.5, 0.6) is 5.75 Å².